The summed E-state index contributed by atoms with van der Waals surface area (Å²) in [5, 5.41) is 1.09. The lowest BCUT2D eigenvalue weighted by atomic mass is 10.3. The first kappa shape index (κ1) is 12.6. The van der Waals surface area contributed by atoms with E-state index < -0.39 is 0 Å². The van der Waals surface area contributed by atoms with E-state index in [9.17, 15) is 0 Å². The molecule has 0 aliphatic carbocycles. The van der Waals surface area contributed by atoms with Gasteiger partial charge in [0, 0.05) is 5.02 Å². The number of halogens is 2. The Kier molecular flexibility index (Phi) is 5.23. The van der Waals surface area contributed by atoms with Gasteiger partial charge in [-0.1, -0.05) is 30.1 Å². The van der Waals surface area contributed by atoms with Crippen molar-refractivity contribution in [2.75, 3.05) is 6.61 Å². The lowest BCUT2D eigenvalue weighted by Crippen LogP contribution is -2.16. The van der Waals surface area contributed by atoms with E-state index >= 15 is 0 Å². The molecule has 0 saturated carbocycles. The first-order chi connectivity index (χ1) is 7.13. The molecule has 0 radical (unpaired) electrons. The van der Waals surface area contributed by atoms with Gasteiger partial charge in [-0.25, -0.2) is 0 Å². The first-order valence-corrected chi connectivity index (χ1v) is 5.62. The van der Waals surface area contributed by atoms with Crippen molar-refractivity contribution in [3.8, 4) is 5.75 Å². The van der Waals surface area contributed by atoms with Gasteiger partial charge in [-0.2, -0.15) is 0 Å². The van der Waals surface area contributed by atoms with Crippen molar-refractivity contribution in [2.45, 2.75) is 26.6 Å². The summed E-state index contributed by atoms with van der Waals surface area (Å²) in [6, 6.07) is 5.11. The number of ether oxygens (including phenoxy) is 2. The van der Waals surface area contributed by atoms with Crippen molar-refractivity contribution in [3.63, 3.8) is 0 Å². The van der Waals surface area contributed by atoms with Crippen LogP contribution in [0.5, 0.6) is 5.75 Å². The molecule has 2 nitrogen and oxygen atoms in total. The quantitative estimate of drug-likeness (QED) is 0.730. The number of hydrogen-bond acceptors (Lipinski definition) is 2. The van der Waals surface area contributed by atoms with E-state index in [1.165, 1.54) is 0 Å². The molecule has 0 N–H and O–H groups in total. The molecule has 0 bridgehead atoms. The minimum Gasteiger partial charge on any atom is -0.464 e. The van der Waals surface area contributed by atoms with E-state index in [1.54, 1.807) is 18.2 Å². The largest absolute Gasteiger partial charge is 0.464 e. The Labute approximate surface area is 100 Å². The van der Waals surface area contributed by atoms with Crippen LogP contribution in [0.1, 0.15) is 20.3 Å². The van der Waals surface area contributed by atoms with Crippen molar-refractivity contribution < 1.29 is 9.47 Å². The lowest BCUT2D eigenvalue weighted by molar-refractivity contribution is -0.0662. The molecule has 0 saturated heterocycles. The zero-order valence-corrected chi connectivity index (χ0v) is 10.3. The third kappa shape index (κ3) is 4.29. The summed E-state index contributed by atoms with van der Waals surface area (Å²) >= 11 is 11.7. The van der Waals surface area contributed by atoms with Gasteiger partial charge in [0.1, 0.15) is 5.75 Å². The monoisotopic (exact) mass is 248 g/mol. The van der Waals surface area contributed by atoms with E-state index in [0.717, 1.165) is 6.42 Å². The highest BCUT2D eigenvalue weighted by Gasteiger charge is 2.07. The zero-order chi connectivity index (χ0) is 11.3. The second-order valence-electron chi connectivity index (χ2n) is 3.13. The van der Waals surface area contributed by atoms with Crippen molar-refractivity contribution >= 4 is 23.2 Å². The van der Waals surface area contributed by atoms with E-state index in [-0.39, 0.29) is 6.29 Å². The van der Waals surface area contributed by atoms with Crippen molar-refractivity contribution in [1.29, 1.82) is 0 Å². The highest BCUT2D eigenvalue weighted by molar-refractivity contribution is 6.35. The molecule has 1 aromatic rings. The minimum absolute atomic E-state index is 0.302. The molecule has 1 unspecified atom stereocenters. The maximum absolute atomic E-state index is 5.94. The molecule has 0 aliphatic rings. The average Bonchev–Trinajstić information content (AvgIpc) is 2.19. The number of rotatable bonds is 5. The van der Waals surface area contributed by atoms with Crippen LogP contribution in [0.25, 0.3) is 0 Å². The molecular formula is C11H14Cl2O2. The second-order valence-corrected chi connectivity index (χ2v) is 3.97. The first-order valence-electron chi connectivity index (χ1n) is 4.86. The van der Waals surface area contributed by atoms with Gasteiger partial charge in [-0.15, -0.1) is 0 Å². The van der Waals surface area contributed by atoms with Gasteiger partial charge >= 0.3 is 0 Å². The third-order valence-corrected chi connectivity index (χ3v) is 2.27. The maximum Gasteiger partial charge on any atom is 0.197 e. The Hall–Kier alpha value is -0.440. The van der Waals surface area contributed by atoms with Gasteiger partial charge in [0.15, 0.2) is 6.29 Å². The molecule has 0 aliphatic heterocycles. The molecule has 0 amide bonds. The molecule has 0 fully saturated rings. The summed E-state index contributed by atoms with van der Waals surface area (Å²) in [7, 11) is 0. The van der Waals surface area contributed by atoms with Crippen LogP contribution in [-0.4, -0.2) is 12.9 Å². The fourth-order valence-corrected chi connectivity index (χ4v) is 1.52. The lowest BCUT2D eigenvalue weighted by Gasteiger charge is -2.15. The van der Waals surface area contributed by atoms with Crippen molar-refractivity contribution in [3.05, 3.63) is 28.2 Å². The topological polar surface area (TPSA) is 18.5 Å². The summed E-state index contributed by atoms with van der Waals surface area (Å²) in [5.41, 5.74) is 0. The average molecular weight is 249 g/mol. The Bertz CT molecular complexity index is 315. The van der Waals surface area contributed by atoms with Gasteiger partial charge in [0.2, 0.25) is 0 Å². The van der Waals surface area contributed by atoms with Crippen LogP contribution in [0.15, 0.2) is 18.2 Å². The molecule has 84 valence electrons. The Morgan fingerprint density at radius 2 is 2.07 bits per heavy atom. The van der Waals surface area contributed by atoms with Gasteiger partial charge < -0.3 is 9.47 Å². The van der Waals surface area contributed by atoms with Crippen LogP contribution in [-0.2, 0) is 4.74 Å². The summed E-state index contributed by atoms with van der Waals surface area (Å²) in [6.45, 7) is 4.55. The molecule has 0 spiro atoms. The molecule has 1 atom stereocenters. The predicted octanol–water partition coefficient (Wildman–Crippen LogP) is 4.14. The molecule has 15 heavy (non-hydrogen) atoms. The smallest absolute Gasteiger partial charge is 0.197 e. The summed E-state index contributed by atoms with van der Waals surface area (Å²) in [6.07, 6.45) is 0.658. The summed E-state index contributed by atoms with van der Waals surface area (Å²) in [5.74, 6) is 0.588. The normalized spacial score (nSPS) is 12.5. The fraction of sp³-hybridized carbons (Fsp3) is 0.455. The Morgan fingerprint density at radius 1 is 1.33 bits per heavy atom. The zero-order valence-electron chi connectivity index (χ0n) is 8.80. The van der Waals surface area contributed by atoms with Crippen LogP contribution in [0.3, 0.4) is 0 Å². The molecule has 4 heteroatoms. The van der Waals surface area contributed by atoms with Crippen LogP contribution in [0, 0.1) is 0 Å². The summed E-state index contributed by atoms with van der Waals surface area (Å²) < 4.78 is 10.9. The van der Waals surface area contributed by atoms with Gasteiger partial charge in [-0.3, -0.25) is 0 Å². The molecule has 1 rings (SSSR count). The molecule has 0 heterocycles. The van der Waals surface area contributed by atoms with Gasteiger partial charge in [-0.05, 0) is 31.5 Å². The third-order valence-electron chi connectivity index (χ3n) is 1.74. The molecular weight excluding hydrogens is 235 g/mol. The predicted molar refractivity (Wildman–Crippen MR) is 62.8 cm³/mol. The van der Waals surface area contributed by atoms with E-state index in [4.69, 9.17) is 32.7 Å². The van der Waals surface area contributed by atoms with E-state index in [1.807, 2.05) is 13.8 Å². The highest BCUT2D eigenvalue weighted by Crippen LogP contribution is 2.28. The van der Waals surface area contributed by atoms with E-state index in [2.05, 4.69) is 0 Å². The van der Waals surface area contributed by atoms with Crippen LogP contribution >= 0.6 is 23.2 Å². The van der Waals surface area contributed by atoms with E-state index in [0.29, 0.717) is 22.4 Å². The van der Waals surface area contributed by atoms with Crippen LogP contribution < -0.4 is 4.74 Å². The van der Waals surface area contributed by atoms with Crippen molar-refractivity contribution in [2.24, 2.45) is 0 Å². The Morgan fingerprint density at radius 3 is 2.67 bits per heavy atom. The molecule has 1 aromatic carbocycles. The van der Waals surface area contributed by atoms with Crippen LogP contribution in [0.2, 0.25) is 10.0 Å². The fourth-order valence-electron chi connectivity index (χ4n) is 1.07. The standard InChI is InChI=1S/C11H14Cl2O2/c1-3-6-14-8(2)15-11-5-4-9(12)7-10(11)13/h4-5,7-8H,3,6H2,1-2H3. The van der Waals surface area contributed by atoms with Crippen molar-refractivity contribution in [1.82, 2.24) is 0 Å². The number of hydrogen-bond donors (Lipinski definition) is 0. The number of benzene rings is 1. The SMILES string of the molecule is CCCOC(C)Oc1ccc(Cl)cc1Cl. The van der Waals surface area contributed by atoms with Gasteiger partial charge in [0.25, 0.3) is 0 Å². The Balaban J connectivity index is 2.56. The van der Waals surface area contributed by atoms with Gasteiger partial charge in [0.05, 0.1) is 11.6 Å². The highest BCUT2D eigenvalue weighted by atomic mass is 35.5. The second kappa shape index (κ2) is 6.21. The minimum atomic E-state index is -0.302. The summed E-state index contributed by atoms with van der Waals surface area (Å²) in [4.78, 5) is 0. The maximum atomic E-state index is 5.94. The van der Waals surface area contributed by atoms with Crippen LogP contribution in [0.4, 0.5) is 0 Å². The molecule has 0 aromatic heterocycles.